The van der Waals surface area contributed by atoms with Crippen LogP contribution in [0.15, 0.2) is 24.3 Å². The number of piperazine rings is 1. The van der Waals surface area contributed by atoms with Gasteiger partial charge >= 0.3 is 6.03 Å². The quantitative estimate of drug-likeness (QED) is 0.936. The summed E-state index contributed by atoms with van der Waals surface area (Å²) in [4.78, 5) is 23.5. The first-order valence-corrected chi connectivity index (χ1v) is 7.92. The van der Waals surface area contributed by atoms with Gasteiger partial charge in [-0.15, -0.1) is 0 Å². The highest BCUT2D eigenvalue weighted by Crippen LogP contribution is 2.27. The second kappa shape index (κ2) is 6.94. The molecule has 0 unspecified atom stereocenters. The number of carbonyl (C=O) groups is 1. The molecule has 0 spiro atoms. The van der Waals surface area contributed by atoms with E-state index in [4.69, 9.17) is 0 Å². The molecule has 1 N–H and O–H groups in total. The molecule has 1 aliphatic heterocycles. The van der Waals surface area contributed by atoms with E-state index in [1.54, 1.807) is 17.0 Å². The predicted molar refractivity (Wildman–Crippen MR) is 87.4 cm³/mol. The minimum Gasteiger partial charge on any atom is -0.352 e. The number of hydrogen-bond acceptors (Lipinski definition) is 4. The van der Waals surface area contributed by atoms with Gasteiger partial charge in [0.25, 0.3) is 6.43 Å². The molecular formula is C16H19F2N5O. The van der Waals surface area contributed by atoms with Crippen LogP contribution in [0.5, 0.6) is 0 Å². The molecule has 0 aliphatic carbocycles. The van der Waals surface area contributed by atoms with E-state index in [-0.39, 0.29) is 6.03 Å². The number of hydrogen-bond donors (Lipinski definition) is 1. The maximum absolute atomic E-state index is 13.1. The van der Waals surface area contributed by atoms with Crippen LogP contribution in [0.25, 0.3) is 10.9 Å². The fourth-order valence-electron chi connectivity index (χ4n) is 2.80. The Balaban J connectivity index is 1.86. The number of benzene rings is 1. The molecule has 0 radical (unpaired) electrons. The van der Waals surface area contributed by atoms with Gasteiger partial charge in [0.2, 0.25) is 0 Å². The number of anilines is 1. The normalized spacial score (nSPS) is 15.2. The highest BCUT2D eigenvalue weighted by molar-refractivity contribution is 5.89. The summed E-state index contributed by atoms with van der Waals surface area (Å²) in [5.74, 6) is 0.0429. The Morgan fingerprint density at radius 3 is 2.58 bits per heavy atom. The Labute approximate surface area is 138 Å². The lowest BCUT2D eigenvalue weighted by Gasteiger charge is -2.35. The van der Waals surface area contributed by atoms with Crippen molar-refractivity contribution in [3.63, 3.8) is 0 Å². The van der Waals surface area contributed by atoms with E-state index in [1.165, 1.54) is 0 Å². The fourth-order valence-corrected chi connectivity index (χ4v) is 2.80. The zero-order chi connectivity index (χ0) is 17.1. The number of aromatic nitrogens is 2. The molecule has 3 rings (SSSR count). The summed E-state index contributed by atoms with van der Waals surface area (Å²) in [5.41, 5.74) is 0.504. The molecule has 1 aromatic heterocycles. The number of amides is 2. The van der Waals surface area contributed by atoms with Crippen molar-refractivity contribution in [2.75, 3.05) is 37.6 Å². The molecule has 6 nitrogen and oxygen atoms in total. The van der Waals surface area contributed by atoms with Crippen molar-refractivity contribution in [3.05, 3.63) is 30.1 Å². The average Bonchev–Trinajstić information content (AvgIpc) is 2.61. The Hall–Kier alpha value is -2.51. The average molecular weight is 335 g/mol. The Bertz CT molecular complexity index is 731. The second-order valence-electron chi connectivity index (χ2n) is 5.53. The summed E-state index contributed by atoms with van der Waals surface area (Å²) in [7, 11) is 0. The summed E-state index contributed by atoms with van der Waals surface area (Å²) in [6.45, 7) is 4.57. The first kappa shape index (κ1) is 16.4. The lowest BCUT2D eigenvalue weighted by Crippen LogP contribution is -2.52. The Morgan fingerprint density at radius 1 is 1.21 bits per heavy atom. The van der Waals surface area contributed by atoms with Crippen molar-refractivity contribution in [2.24, 2.45) is 0 Å². The van der Waals surface area contributed by atoms with Gasteiger partial charge in [0.15, 0.2) is 5.82 Å². The molecule has 1 saturated heterocycles. The summed E-state index contributed by atoms with van der Waals surface area (Å²) in [6, 6.07) is 7.04. The lowest BCUT2D eigenvalue weighted by molar-refractivity contribution is 0.141. The molecule has 2 amide bonds. The van der Waals surface area contributed by atoms with Crippen molar-refractivity contribution in [1.29, 1.82) is 0 Å². The molecule has 2 heterocycles. The molecule has 2 aromatic rings. The SMILES string of the molecule is CCNC(=O)N1CCN(c2nc(C(F)F)nc3ccccc23)CC1. The van der Waals surface area contributed by atoms with Gasteiger partial charge < -0.3 is 15.1 Å². The lowest BCUT2D eigenvalue weighted by atomic mass is 10.2. The van der Waals surface area contributed by atoms with Crippen LogP contribution < -0.4 is 10.2 Å². The zero-order valence-electron chi connectivity index (χ0n) is 13.4. The van der Waals surface area contributed by atoms with Gasteiger partial charge in [0, 0.05) is 38.1 Å². The summed E-state index contributed by atoms with van der Waals surface area (Å²) >= 11 is 0. The van der Waals surface area contributed by atoms with E-state index in [9.17, 15) is 13.6 Å². The summed E-state index contributed by atoms with van der Waals surface area (Å²) in [5, 5.41) is 3.51. The van der Waals surface area contributed by atoms with Crippen LogP contribution in [0, 0.1) is 0 Å². The first-order chi connectivity index (χ1) is 11.6. The molecular weight excluding hydrogens is 316 g/mol. The minimum atomic E-state index is -2.72. The molecule has 128 valence electrons. The largest absolute Gasteiger partial charge is 0.352 e. The molecule has 0 bridgehead atoms. The number of halogens is 2. The molecule has 0 saturated carbocycles. The van der Waals surface area contributed by atoms with Gasteiger partial charge in [0.05, 0.1) is 5.52 Å². The standard InChI is InChI=1S/C16H19F2N5O/c1-2-19-16(24)23-9-7-22(8-10-23)15-11-5-3-4-6-12(11)20-14(21-15)13(17)18/h3-6,13H,2,7-10H2,1H3,(H,19,24). The van der Waals surface area contributed by atoms with Crippen LogP contribution in [-0.4, -0.2) is 53.6 Å². The third kappa shape index (κ3) is 3.22. The molecule has 1 aromatic carbocycles. The van der Waals surface area contributed by atoms with Crippen molar-refractivity contribution in [1.82, 2.24) is 20.2 Å². The van der Waals surface area contributed by atoms with Crippen LogP contribution in [-0.2, 0) is 0 Å². The topological polar surface area (TPSA) is 61.4 Å². The van der Waals surface area contributed by atoms with E-state index in [0.717, 1.165) is 5.39 Å². The molecule has 1 aliphatic rings. The third-order valence-electron chi connectivity index (χ3n) is 3.99. The maximum atomic E-state index is 13.1. The van der Waals surface area contributed by atoms with E-state index in [2.05, 4.69) is 15.3 Å². The van der Waals surface area contributed by atoms with E-state index < -0.39 is 12.2 Å². The van der Waals surface area contributed by atoms with Gasteiger partial charge in [-0.3, -0.25) is 0 Å². The molecule has 1 fully saturated rings. The van der Waals surface area contributed by atoms with Gasteiger partial charge in [-0.1, -0.05) is 12.1 Å². The summed E-state index contributed by atoms with van der Waals surface area (Å²) in [6.07, 6.45) is -2.72. The summed E-state index contributed by atoms with van der Waals surface area (Å²) < 4.78 is 26.2. The number of urea groups is 1. The fraction of sp³-hybridized carbons (Fsp3) is 0.438. The second-order valence-corrected chi connectivity index (χ2v) is 5.53. The van der Waals surface area contributed by atoms with Gasteiger partial charge in [0.1, 0.15) is 5.82 Å². The zero-order valence-corrected chi connectivity index (χ0v) is 13.4. The highest BCUT2D eigenvalue weighted by atomic mass is 19.3. The molecule has 24 heavy (non-hydrogen) atoms. The molecule has 8 heteroatoms. The van der Waals surface area contributed by atoms with E-state index in [1.807, 2.05) is 24.0 Å². The first-order valence-electron chi connectivity index (χ1n) is 7.92. The molecule has 0 atom stereocenters. The van der Waals surface area contributed by atoms with E-state index in [0.29, 0.717) is 44.1 Å². The van der Waals surface area contributed by atoms with Gasteiger partial charge in [-0.2, -0.15) is 0 Å². The number of rotatable bonds is 3. The van der Waals surface area contributed by atoms with Crippen molar-refractivity contribution < 1.29 is 13.6 Å². The van der Waals surface area contributed by atoms with Crippen molar-refractivity contribution >= 4 is 22.8 Å². The van der Waals surface area contributed by atoms with Crippen LogP contribution in [0.2, 0.25) is 0 Å². The number of alkyl halides is 2. The van der Waals surface area contributed by atoms with Crippen LogP contribution >= 0.6 is 0 Å². The number of nitrogens with one attached hydrogen (secondary N) is 1. The minimum absolute atomic E-state index is 0.0991. The maximum Gasteiger partial charge on any atom is 0.317 e. The van der Waals surface area contributed by atoms with Crippen LogP contribution in [0.3, 0.4) is 0 Å². The third-order valence-corrected chi connectivity index (χ3v) is 3.99. The van der Waals surface area contributed by atoms with E-state index >= 15 is 0 Å². The number of para-hydroxylation sites is 1. The predicted octanol–water partition coefficient (Wildman–Crippen LogP) is 2.42. The van der Waals surface area contributed by atoms with Crippen LogP contribution in [0.1, 0.15) is 19.2 Å². The van der Waals surface area contributed by atoms with Crippen molar-refractivity contribution in [2.45, 2.75) is 13.3 Å². The Kier molecular flexibility index (Phi) is 4.73. The number of carbonyl (C=O) groups excluding carboxylic acids is 1. The highest BCUT2D eigenvalue weighted by Gasteiger charge is 2.24. The number of fused-ring (bicyclic) bond motifs is 1. The van der Waals surface area contributed by atoms with Crippen LogP contribution in [0.4, 0.5) is 19.4 Å². The monoisotopic (exact) mass is 335 g/mol. The van der Waals surface area contributed by atoms with Gasteiger partial charge in [-0.05, 0) is 19.1 Å². The number of nitrogens with zero attached hydrogens (tertiary/aromatic N) is 4. The Morgan fingerprint density at radius 2 is 1.92 bits per heavy atom. The van der Waals surface area contributed by atoms with Crippen molar-refractivity contribution in [3.8, 4) is 0 Å². The van der Waals surface area contributed by atoms with Gasteiger partial charge in [-0.25, -0.2) is 23.5 Å². The smallest absolute Gasteiger partial charge is 0.317 e.